The van der Waals surface area contributed by atoms with Crippen molar-refractivity contribution in [2.45, 2.75) is 170 Å². The number of unbranched alkanes of at least 4 members (excludes halogenated alkanes) is 6. The fraction of sp³-hybridized carbons (Fsp3) is 0.438. The monoisotopic (exact) mass is 875 g/mol. The molecule has 0 atom stereocenters. The molecule has 344 valence electrons. The second kappa shape index (κ2) is 18.9. The molecule has 0 bridgehead atoms. The van der Waals surface area contributed by atoms with E-state index in [9.17, 15) is 0 Å². The summed E-state index contributed by atoms with van der Waals surface area (Å²) in [5, 5.41) is 0. The highest BCUT2D eigenvalue weighted by atomic mass is 15.2. The second-order valence-electron chi connectivity index (χ2n) is 21.8. The van der Waals surface area contributed by atoms with Crippen molar-refractivity contribution in [3.8, 4) is 11.1 Å². The average Bonchev–Trinajstić information content (AvgIpc) is 3.75. The third-order valence-corrected chi connectivity index (χ3v) is 16.3. The van der Waals surface area contributed by atoms with E-state index in [1.54, 1.807) is 11.1 Å². The fourth-order valence-electron chi connectivity index (χ4n) is 13.8. The number of nitrogens with zero attached hydrogens (tertiary/aromatic N) is 2. The molecule has 0 spiro atoms. The molecule has 0 saturated heterocycles. The molecule has 3 aliphatic carbocycles. The number of fused-ring (bicyclic) bond motifs is 3. The molecule has 0 heterocycles. The third kappa shape index (κ3) is 8.34. The molecule has 2 saturated carbocycles. The zero-order chi connectivity index (χ0) is 46.3. The van der Waals surface area contributed by atoms with Crippen molar-refractivity contribution in [3.63, 3.8) is 0 Å². The van der Waals surface area contributed by atoms with E-state index in [0.717, 1.165) is 12.8 Å². The molecule has 0 radical (unpaired) electrons. The smallest absolute Gasteiger partial charge is 0.0520 e. The van der Waals surface area contributed by atoms with Crippen LogP contribution in [0.25, 0.3) is 11.1 Å². The summed E-state index contributed by atoms with van der Waals surface area (Å²) in [6.07, 6.45) is 17.6. The van der Waals surface area contributed by atoms with Crippen LogP contribution >= 0.6 is 0 Å². The summed E-state index contributed by atoms with van der Waals surface area (Å²) < 4.78 is 0. The molecule has 0 unspecified atom stereocenters. The minimum Gasteiger partial charge on any atom is -0.310 e. The van der Waals surface area contributed by atoms with Gasteiger partial charge in [0.25, 0.3) is 0 Å². The summed E-state index contributed by atoms with van der Waals surface area (Å²) in [5.41, 5.74) is 24.9. The lowest BCUT2D eigenvalue weighted by atomic mass is 9.55. The van der Waals surface area contributed by atoms with Gasteiger partial charge in [-0.1, -0.05) is 138 Å². The van der Waals surface area contributed by atoms with Crippen molar-refractivity contribution >= 4 is 34.1 Å². The van der Waals surface area contributed by atoms with Gasteiger partial charge in [-0.25, -0.2) is 0 Å². The van der Waals surface area contributed by atoms with Crippen molar-refractivity contribution in [2.75, 3.05) is 9.80 Å². The number of rotatable bonds is 16. The Morgan fingerprint density at radius 2 is 0.742 bits per heavy atom. The first-order valence-electron chi connectivity index (χ1n) is 26.1. The minimum absolute atomic E-state index is 0.0775. The third-order valence-electron chi connectivity index (χ3n) is 16.3. The van der Waals surface area contributed by atoms with E-state index in [4.69, 9.17) is 0 Å². The number of hydrogen-bond donors (Lipinski definition) is 0. The maximum Gasteiger partial charge on any atom is 0.0520 e. The normalized spacial score (nSPS) is 20.5. The highest BCUT2D eigenvalue weighted by molar-refractivity contribution is 5.89. The Balaban J connectivity index is 1.20. The van der Waals surface area contributed by atoms with E-state index >= 15 is 0 Å². The standard InChI is InChI=1S/C64H78N2/c1-11-13-15-17-19-51-33-47(7)61(48(8)34-51)65(53-25-21-43(3)22-26-53)55-29-31-57-58-32-30-56(38-60(58)64-41-45(5)39-63(64,59(57)37-55)40-46(6)42-64)66(54-27-23-44(4)24-28-54)62-49(9)35-52(36-50(62)10)20-18-16-14-12-2/h21-38,45-46H,11-20,39-42H2,1-10H3. The van der Waals surface area contributed by atoms with Crippen molar-refractivity contribution in [2.24, 2.45) is 11.8 Å². The Morgan fingerprint density at radius 1 is 0.409 bits per heavy atom. The maximum atomic E-state index is 2.67. The maximum absolute atomic E-state index is 2.67. The zero-order valence-corrected chi connectivity index (χ0v) is 42.3. The molecule has 2 fully saturated rings. The van der Waals surface area contributed by atoms with E-state index in [-0.39, 0.29) is 10.8 Å². The van der Waals surface area contributed by atoms with Gasteiger partial charge in [-0.3, -0.25) is 0 Å². The molecular formula is C64H78N2. The number of anilines is 6. The van der Waals surface area contributed by atoms with Crippen LogP contribution in [0.1, 0.15) is 160 Å². The zero-order valence-electron chi connectivity index (χ0n) is 42.3. The highest BCUT2D eigenvalue weighted by Gasteiger charge is 2.65. The van der Waals surface area contributed by atoms with Crippen molar-refractivity contribution < 1.29 is 0 Å². The van der Waals surface area contributed by atoms with Gasteiger partial charge in [0.05, 0.1) is 11.4 Å². The van der Waals surface area contributed by atoms with E-state index in [1.165, 1.54) is 167 Å². The lowest BCUT2D eigenvalue weighted by molar-refractivity contribution is 0.299. The number of hydrogen-bond acceptors (Lipinski definition) is 2. The van der Waals surface area contributed by atoms with E-state index in [2.05, 4.69) is 188 Å². The lowest BCUT2D eigenvalue weighted by Crippen LogP contribution is -2.43. The molecule has 6 aromatic carbocycles. The Hall–Kier alpha value is -5.08. The predicted molar refractivity (Wildman–Crippen MR) is 286 cm³/mol. The van der Waals surface area contributed by atoms with Gasteiger partial charge in [-0.05, 0) is 209 Å². The topological polar surface area (TPSA) is 6.48 Å². The number of aryl methyl sites for hydroxylation is 8. The van der Waals surface area contributed by atoms with Gasteiger partial charge < -0.3 is 9.80 Å². The summed E-state index contributed by atoms with van der Waals surface area (Å²) in [6, 6.07) is 43.7. The summed E-state index contributed by atoms with van der Waals surface area (Å²) >= 11 is 0. The first-order valence-corrected chi connectivity index (χ1v) is 26.1. The van der Waals surface area contributed by atoms with E-state index in [1.807, 2.05) is 0 Å². The van der Waals surface area contributed by atoms with Crippen molar-refractivity contribution in [1.29, 1.82) is 0 Å². The van der Waals surface area contributed by atoms with Crippen LogP contribution in [0.5, 0.6) is 0 Å². The van der Waals surface area contributed by atoms with Gasteiger partial charge in [0.1, 0.15) is 0 Å². The molecule has 3 aliphatic rings. The average molecular weight is 875 g/mol. The van der Waals surface area contributed by atoms with Crippen molar-refractivity contribution in [3.05, 3.63) is 165 Å². The highest BCUT2D eigenvalue weighted by Crippen LogP contribution is 2.72. The number of benzene rings is 6. The molecule has 0 aromatic heterocycles. The minimum atomic E-state index is 0.0775. The molecule has 66 heavy (non-hydrogen) atoms. The summed E-state index contributed by atoms with van der Waals surface area (Å²) in [5.74, 6) is 1.29. The molecule has 6 aromatic rings. The molecule has 0 aliphatic heterocycles. The molecule has 2 nitrogen and oxygen atoms in total. The van der Waals surface area contributed by atoms with Crippen LogP contribution < -0.4 is 9.80 Å². The van der Waals surface area contributed by atoms with Crippen LogP contribution in [0.2, 0.25) is 0 Å². The quantitative estimate of drug-likeness (QED) is 0.0894. The van der Waals surface area contributed by atoms with Crippen LogP contribution in [0.3, 0.4) is 0 Å². The molecule has 2 heteroatoms. The SMILES string of the molecule is CCCCCCc1cc(C)c(N(c2ccc(C)cc2)c2ccc3c(c2)C24CC(C)CC2(CC(C)C4)c2cc(N(c4ccc(C)cc4)c4c(C)cc(CCCCCC)cc4C)ccc2-3)c(C)c1. The van der Waals surface area contributed by atoms with Crippen LogP contribution in [-0.2, 0) is 23.7 Å². The van der Waals surface area contributed by atoms with Crippen molar-refractivity contribution in [1.82, 2.24) is 0 Å². The van der Waals surface area contributed by atoms with Crippen LogP contribution in [-0.4, -0.2) is 0 Å². The van der Waals surface area contributed by atoms with Crippen LogP contribution in [0, 0.1) is 53.4 Å². The first kappa shape index (κ1) is 46.0. The predicted octanol–water partition coefficient (Wildman–Crippen LogP) is 18.7. The summed E-state index contributed by atoms with van der Waals surface area (Å²) in [6.45, 7) is 23.5. The fourth-order valence-corrected chi connectivity index (χ4v) is 13.8. The molecule has 0 N–H and O–H groups in total. The van der Waals surface area contributed by atoms with Gasteiger partial charge in [0.15, 0.2) is 0 Å². The van der Waals surface area contributed by atoms with Crippen LogP contribution in [0.4, 0.5) is 34.1 Å². The molecular weight excluding hydrogens is 797 g/mol. The largest absolute Gasteiger partial charge is 0.310 e. The van der Waals surface area contributed by atoms with Gasteiger partial charge in [-0.15, -0.1) is 0 Å². The Labute approximate surface area is 399 Å². The van der Waals surface area contributed by atoms with Gasteiger partial charge in [-0.2, -0.15) is 0 Å². The van der Waals surface area contributed by atoms with Crippen LogP contribution in [0.15, 0.2) is 109 Å². The molecule has 0 amide bonds. The second-order valence-corrected chi connectivity index (χ2v) is 21.8. The van der Waals surface area contributed by atoms with E-state index < -0.39 is 0 Å². The van der Waals surface area contributed by atoms with E-state index in [0.29, 0.717) is 11.8 Å². The Bertz CT molecular complexity index is 2440. The Morgan fingerprint density at radius 3 is 1.08 bits per heavy atom. The van der Waals surface area contributed by atoms with Gasteiger partial charge in [0.2, 0.25) is 0 Å². The summed E-state index contributed by atoms with van der Waals surface area (Å²) in [4.78, 5) is 5.19. The molecule has 9 rings (SSSR count). The van der Waals surface area contributed by atoms with Gasteiger partial charge >= 0.3 is 0 Å². The summed E-state index contributed by atoms with van der Waals surface area (Å²) in [7, 11) is 0. The van der Waals surface area contributed by atoms with Gasteiger partial charge in [0, 0.05) is 33.6 Å². The Kier molecular flexibility index (Phi) is 13.2. The first-order chi connectivity index (χ1) is 31.9. The lowest BCUT2D eigenvalue weighted by Gasteiger charge is -2.48.